The van der Waals surface area contributed by atoms with Crippen molar-refractivity contribution in [3.8, 4) is 11.6 Å². The average molecular weight is 318 g/mol. The smallest absolute Gasteiger partial charge is 0.203 e. The van der Waals surface area contributed by atoms with Gasteiger partial charge in [0.2, 0.25) is 5.88 Å². The normalized spacial score (nSPS) is 13.0. The summed E-state index contributed by atoms with van der Waals surface area (Å²) in [5.41, 5.74) is 3.44. The second-order valence-electron chi connectivity index (χ2n) is 6.65. The Morgan fingerprint density at radius 3 is 2.67 bits per heavy atom. The monoisotopic (exact) mass is 318 g/mol. The van der Waals surface area contributed by atoms with Gasteiger partial charge in [-0.3, -0.25) is 4.57 Å². The molecule has 3 nitrogen and oxygen atoms in total. The highest BCUT2D eigenvalue weighted by Crippen LogP contribution is 2.33. The van der Waals surface area contributed by atoms with Crippen molar-refractivity contribution in [3.05, 3.63) is 60.4 Å². The van der Waals surface area contributed by atoms with Crippen LogP contribution >= 0.6 is 0 Å². The highest BCUT2D eigenvalue weighted by atomic mass is 16.3. The highest BCUT2D eigenvalue weighted by Gasteiger charge is 2.13. The average Bonchev–Trinajstić information content (AvgIpc) is 3.14. The van der Waals surface area contributed by atoms with Crippen molar-refractivity contribution in [1.29, 1.82) is 0 Å². The summed E-state index contributed by atoms with van der Waals surface area (Å²) in [5.74, 6) is 0.809. The van der Waals surface area contributed by atoms with Crippen LogP contribution in [0.3, 0.4) is 0 Å². The van der Waals surface area contributed by atoms with Crippen molar-refractivity contribution in [2.24, 2.45) is 7.05 Å². The highest BCUT2D eigenvalue weighted by molar-refractivity contribution is 5.90. The predicted octanol–water partition coefficient (Wildman–Crippen LogP) is 5.34. The molecule has 0 spiro atoms. The molecule has 2 aromatic carbocycles. The summed E-state index contributed by atoms with van der Waals surface area (Å²) in [4.78, 5) is 0. The van der Waals surface area contributed by atoms with Crippen LogP contribution in [0.25, 0.3) is 27.4 Å². The first kappa shape index (κ1) is 14.9. The number of aromatic hydroxyl groups is 1. The van der Waals surface area contributed by atoms with Gasteiger partial charge in [-0.15, -0.1) is 0 Å². The molecule has 0 saturated carbocycles. The minimum Gasteiger partial charge on any atom is -0.494 e. The van der Waals surface area contributed by atoms with Crippen LogP contribution in [0.4, 0.5) is 0 Å². The van der Waals surface area contributed by atoms with Gasteiger partial charge in [0.25, 0.3) is 0 Å². The van der Waals surface area contributed by atoms with Crippen LogP contribution < -0.4 is 0 Å². The summed E-state index contributed by atoms with van der Waals surface area (Å²) < 4.78 is 3.97. The Bertz CT molecular complexity index is 1040. The van der Waals surface area contributed by atoms with E-state index in [1.165, 1.54) is 16.5 Å². The first-order chi connectivity index (χ1) is 11.6. The molecule has 0 saturated heterocycles. The van der Waals surface area contributed by atoms with E-state index in [-0.39, 0.29) is 0 Å². The maximum Gasteiger partial charge on any atom is 0.203 e. The quantitative estimate of drug-likeness (QED) is 0.543. The minimum atomic E-state index is 0.311. The van der Waals surface area contributed by atoms with Crippen molar-refractivity contribution in [2.45, 2.75) is 26.2 Å². The molecule has 0 aliphatic carbocycles. The summed E-state index contributed by atoms with van der Waals surface area (Å²) in [6.07, 6.45) is 5.16. The molecule has 122 valence electrons. The predicted molar refractivity (Wildman–Crippen MR) is 100 cm³/mol. The van der Waals surface area contributed by atoms with Gasteiger partial charge in [-0.05, 0) is 48.2 Å². The van der Waals surface area contributed by atoms with E-state index in [0.717, 1.165) is 22.9 Å². The van der Waals surface area contributed by atoms with E-state index in [0.29, 0.717) is 11.8 Å². The Labute approximate surface area is 141 Å². The third-order valence-electron chi connectivity index (χ3n) is 5.14. The van der Waals surface area contributed by atoms with Crippen LogP contribution in [0, 0.1) is 0 Å². The molecule has 1 atom stereocenters. The van der Waals surface area contributed by atoms with Gasteiger partial charge in [-0.2, -0.15) is 0 Å². The fraction of sp³-hybridized carbons (Fsp3) is 0.238. The minimum absolute atomic E-state index is 0.311. The van der Waals surface area contributed by atoms with E-state index in [1.54, 1.807) is 0 Å². The zero-order valence-electron chi connectivity index (χ0n) is 14.3. The van der Waals surface area contributed by atoms with Crippen molar-refractivity contribution in [3.63, 3.8) is 0 Å². The van der Waals surface area contributed by atoms with Crippen LogP contribution in [0.15, 0.2) is 54.9 Å². The van der Waals surface area contributed by atoms with Crippen molar-refractivity contribution < 1.29 is 5.11 Å². The zero-order chi connectivity index (χ0) is 16.8. The summed E-state index contributed by atoms with van der Waals surface area (Å²) in [5, 5.41) is 13.9. The van der Waals surface area contributed by atoms with Gasteiger partial charge in [0.15, 0.2) is 0 Å². The molecular weight excluding hydrogens is 296 g/mol. The van der Waals surface area contributed by atoms with Gasteiger partial charge in [-0.1, -0.05) is 26.0 Å². The molecule has 1 N–H and O–H groups in total. The number of aryl methyl sites for hydroxylation is 1. The van der Waals surface area contributed by atoms with E-state index >= 15 is 0 Å². The SMILES string of the molecule is CCC(C)c1ccc2cn(-c3ccc4c(ccn4C)c3)c(O)c2c1. The van der Waals surface area contributed by atoms with Gasteiger partial charge in [0.1, 0.15) is 0 Å². The second kappa shape index (κ2) is 5.45. The summed E-state index contributed by atoms with van der Waals surface area (Å²) >= 11 is 0. The van der Waals surface area contributed by atoms with E-state index in [4.69, 9.17) is 0 Å². The van der Waals surface area contributed by atoms with Crippen molar-refractivity contribution in [2.75, 3.05) is 0 Å². The second-order valence-corrected chi connectivity index (χ2v) is 6.65. The standard InChI is InChI=1S/C21H22N2O/c1-4-14(2)15-5-6-17-13-23(21(24)19(17)12-15)18-7-8-20-16(11-18)9-10-22(20)3/h5-14,24H,4H2,1-3H3. The number of hydrogen-bond acceptors (Lipinski definition) is 1. The van der Waals surface area contributed by atoms with Gasteiger partial charge in [0, 0.05) is 46.8 Å². The van der Waals surface area contributed by atoms with Crippen molar-refractivity contribution >= 4 is 21.7 Å². The molecule has 0 aliphatic rings. The van der Waals surface area contributed by atoms with Gasteiger partial charge < -0.3 is 9.67 Å². The van der Waals surface area contributed by atoms with Gasteiger partial charge >= 0.3 is 0 Å². The van der Waals surface area contributed by atoms with Crippen LogP contribution in [0.2, 0.25) is 0 Å². The fourth-order valence-electron chi connectivity index (χ4n) is 3.37. The molecule has 0 bridgehead atoms. The Morgan fingerprint density at radius 1 is 1.04 bits per heavy atom. The lowest BCUT2D eigenvalue weighted by Crippen LogP contribution is -1.91. The summed E-state index contributed by atoms with van der Waals surface area (Å²) in [7, 11) is 2.04. The van der Waals surface area contributed by atoms with Gasteiger partial charge in [0.05, 0.1) is 0 Å². The summed E-state index contributed by atoms with van der Waals surface area (Å²) in [6.45, 7) is 4.41. The Morgan fingerprint density at radius 2 is 1.88 bits per heavy atom. The lowest BCUT2D eigenvalue weighted by molar-refractivity contribution is 0.448. The summed E-state index contributed by atoms with van der Waals surface area (Å²) in [6, 6.07) is 14.8. The number of aromatic nitrogens is 2. The van der Waals surface area contributed by atoms with E-state index < -0.39 is 0 Å². The van der Waals surface area contributed by atoms with E-state index in [1.807, 2.05) is 17.8 Å². The fourth-order valence-corrected chi connectivity index (χ4v) is 3.37. The number of nitrogens with zero attached hydrogens (tertiary/aromatic N) is 2. The lowest BCUT2D eigenvalue weighted by atomic mass is 9.97. The number of rotatable bonds is 3. The molecule has 1 unspecified atom stereocenters. The maximum absolute atomic E-state index is 10.8. The lowest BCUT2D eigenvalue weighted by Gasteiger charge is -2.08. The third-order valence-corrected chi connectivity index (χ3v) is 5.14. The molecule has 0 amide bonds. The Balaban J connectivity index is 1.87. The first-order valence-electron chi connectivity index (χ1n) is 8.48. The molecule has 4 rings (SSSR count). The number of benzene rings is 2. The molecule has 0 fully saturated rings. The molecule has 24 heavy (non-hydrogen) atoms. The van der Waals surface area contributed by atoms with Crippen LogP contribution in [0.1, 0.15) is 31.7 Å². The molecule has 0 radical (unpaired) electrons. The molecule has 2 aromatic heterocycles. The molecule has 0 aliphatic heterocycles. The van der Waals surface area contributed by atoms with E-state index in [9.17, 15) is 5.11 Å². The third kappa shape index (κ3) is 2.20. The first-order valence-corrected chi connectivity index (χ1v) is 8.48. The molecule has 3 heteroatoms. The van der Waals surface area contributed by atoms with Crippen LogP contribution in [0.5, 0.6) is 5.88 Å². The Kier molecular flexibility index (Phi) is 3.38. The van der Waals surface area contributed by atoms with Gasteiger partial charge in [-0.25, -0.2) is 0 Å². The van der Waals surface area contributed by atoms with Crippen LogP contribution in [-0.2, 0) is 7.05 Å². The van der Waals surface area contributed by atoms with E-state index in [2.05, 4.69) is 67.1 Å². The number of hydrogen-bond donors (Lipinski definition) is 1. The molecular formula is C21H22N2O. The maximum atomic E-state index is 10.8. The van der Waals surface area contributed by atoms with Crippen molar-refractivity contribution in [1.82, 2.24) is 9.13 Å². The number of fused-ring (bicyclic) bond motifs is 2. The zero-order valence-corrected chi connectivity index (χ0v) is 14.3. The largest absolute Gasteiger partial charge is 0.494 e. The molecule has 4 aromatic rings. The molecule has 2 heterocycles. The van der Waals surface area contributed by atoms with Crippen LogP contribution in [-0.4, -0.2) is 14.2 Å². The topological polar surface area (TPSA) is 30.1 Å². The Hall–Kier alpha value is -2.68.